The molecule has 178 valence electrons. The van der Waals surface area contributed by atoms with E-state index < -0.39 is 0 Å². The summed E-state index contributed by atoms with van der Waals surface area (Å²) in [4.78, 5) is 11.4. The fourth-order valence-electron chi connectivity index (χ4n) is 4.85. The lowest BCUT2D eigenvalue weighted by Gasteiger charge is -2.31. The number of oxazole rings is 1. The van der Waals surface area contributed by atoms with Gasteiger partial charge in [0.25, 0.3) is 0 Å². The zero-order chi connectivity index (χ0) is 21.3. The van der Waals surface area contributed by atoms with Gasteiger partial charge in [0.1, 0.15) is 5.76 Å². The summed E-state index contributed by atoms with van der Waals surface area (Å²) in [6.45, 7) is 10.3. The number of hydrogen-bond acceptors (Lipinski definition) is 4. The van der Waals surface area contributed by atoms with Crippen molar-refractivity contribution in [1.29, 1.82) is 0 Å². The highest BCUT2D eigenvalue weighted by atomic mass is 127. The van der Waals surface area contributed by atoms with Crippen LogP contribution in [0.15, 0.2) is 9.41 Å². The lowest BCUT2D eigenvalue weighted by atomic mass is 9.85. The van der Waals surface area contributed by atoms with Gasteiger partial charge in [-0.2, -0.15) is 0 Å². The Morgan fingerprint density at radius 3 is 2.45 bits per heavy atom. The minimum atomic E-state index is 0. The number of aryl methyl sites for hydroxylation is 2. The van der Waals surface area contributed by atoms with E-state index in [1.54, 1.807) is 0 Å². The minimum absolute atomic E-state index is 0. The van der Waals surface area contributed by atoms with E-state index in [1.807, 2.05) is 20.9 Å². The van der Waals surface area contributed by atoms with Crippen LogP contribution in [0, 0.1) is 25.7 Å². The number of piperidine rings is 1. The summed E-state index contributed by atoms with van der Waals surface area (Å²) >= 11 is 0. The van der Waals surface area contributed by atoms with Gasteiger partial charge in [-0.25, -0.2) is 4.98 Å². The van der Waals surface area contributed by atoms with Gasteiger partial charge < -0.3 is 15.1 Å². The third-order valence-electron chi connectivity index (χ3n) is 7.04. The van der Waals surface area contributed by atoms with Crippen LogP contribution in [0.3, 0.4) is 0 Å². The van der Waals surface area contributed by atoms with Crippen molar-refractivity contribution in [2.24, 2.45) is 16.8 Å². The fraction of sp³-hybridized carbons (Fsp3) is 0.833. The molecule has 1 aliphatic carbocycles. The Hall–Kier alpha value is -0.830. The minimum Gasteiger partial charge on any atom is -0.444 e. The topological polar surface area (TPSA) is 65.7 Å². The van der Waals surface area contributed by atoms with Crippen LogP contribution in [0.2, 0.25) is 0 Å². The summed E-state index contributed by atoms with van der Waals surface area (Å²) in [6.07, 6.45) is 12.2. The number of rotatable bonds is 8. The number of aromatic nitrogens is 1. The maximum atomic E-state index is 5.74. The van der Waals surface area contributed by atoms with Crippen LogP contribution in [0.5, 0.6) is 0 Å². The average Bonchev–Trinajstić information content (AvgIpc) is 3.08. The lowest BCUT2D eigenvalue weighted by Crippen LogP contribution is -2.45. The van der Waals surface area contributed by atoms with Gasteiger partial charge >= 0.3 is 0 Å². The number of hydrogen-bond donors (Lipinski definition) is 2. The van der Waals surface area contributed by atoms with Gasteiger partial charge in [0, 0.05) is 19.6 Å². The summed E-state index contributed by atoms with van der Waals surface area (Å²) in [5, 5.41) is 7.18. The van der Waals surface area contributed by atoms with Gasteiger partial charge in [0.2, 0.25) is 5.89 Å². The monoisotopic (exact) mass is 545 g/mol. The molecule has 1 saturated carbocycles. The highest BCUT2D eigenvalue weighted by Crippen LogP contribution is 2.27. The first-order valence-electron chi connectivity index (χ1n) is 12.2. The van der Waals surface area contributed by atoms with Gasteiger partial charge in [-0.1, -0.05) is 32.1 Å². The molecule has 1 unspecified atom stereocenters. The van der Waals surface area contributed by atoms with E-state index in [1.165, 1.54) is 57.8 Å². The molecule has 1 aromatic rings. The molecule has 2 aliphatic rings. The fourth-order valence-corrected chi connectivity index (χ4v) is 4.85. The largest absolute Gasteiger partial charge is 0.444 e. The van der Waals surface area contributed by atoms with Crippen molar-refractivity contribution in [3.63, 3.8) is 0 Å². The smallest absolute Gasteiger partial charge is 0.208 e. The molecule has 0 bridgehead atoms. The van der Waals surface area contributed by atoms with Crippen LogP contribution < -0.4 is 10.6 Å². The molecule has 2 N–H and O–H groups in total. The molecule has 2 fully saturated rings. The highest BCUT2D eigenvalue weighted by Gasteiger charge is 2.21. The van der Waals surface area contributed by atoms with E-state index in [9.17, 15) is 0 Å². The molecule has 2 heterocycles. The second-order valence-electron chi connectivity index (χ2n) is 9.55. The van der Waals surface area contributed by atoms with Crippen molar-refractivity contribution in [1.82, 2.24) is 20.5 Å². The van der Waals surface area contributed by atoms with E-state index in [0.717, 1.165) is 55.4 Å². The Bertz CT molecular complexity index is 643. The SMILES string of the molecule is CN=C(NCC1CCN(Cc2nc(C)c(C)o2)CC1)NC(C)CCC1CCCCC1.I. The number of guanidine groups is 1. The van der Waals surface area contributed by atoms with Crippen molar-refractivity contribution < 1.29 is 4.42 Å². The Labute approximate surface area is 206 Å². The van der Waals surface area contributed by atoms with Gasteiger partial charge in [0.05, 0.1) is 12.2 Å². The predicted octanol–water partition coefficient (Wildman–Crippen LogP) is 5.04. The zero-order valence-electron chi connectivity index (χ0n) is 20.1. The molecule has 1 saturated heterocycles. The maximum absolute atomic E-state index is 5.74. The third-order valence-corrected chi connectivity index (χ3v) is 7.04. The maximum Gasteiger partial charge on any atom is 0.208 e. The zero-order valence-corrected chi connectivity index (χ0v) is 22.4. The first kappa shape index (κ1) is 26.4. The Morgan fingerprint density at radius 1 is 1.13 bits per heavy atom. The molecule has 1 atom stereocenters. The van der Waals surface area contributed by atoms with Crippen molar-refractivity contribution in [3.8, 4) is 0 Å². The first-order chi connectivity index (χ1) is 14.5. The molecule has 0 spiro atoms. The van der Waals surface area contributed by atoms with Crippen LogP contribution in [0.25, 0.3) is 0 Å². The molecule has 3 rings (SSSR count). The normalized spacial score (nSPS) is 20.3. The molecule has 1 aromatic heterocycles. The number of nitrogens with one attached hydrogen (secondary N) is 2. The quantitative estimate of drug-likeness (QED) is 0.273. The number of likely N-dealkylation sites (tertiary alicyclic amines) is 1. The van der Waals surface area contributed by atoms with Crippen LogP contribution in [-0.4, -0.2) is 48.6 Å². The van der Waals surface area contributed by atoms with Crippen LogP contribution >= 0.6 is 24.0 Å². The van der Waals surface area contributed by atoms with Gasteiger partial charge in [-0.05, 0) is 71.4 Å². The predicted molar refractivity (Wildman–Crippen MR) is 139 cm³/mol. The van der Waals surface area contributed by atoms with E-state index in [0.29, 0.717) is 12.0 Å². The number of halogens is 1. The van der Waals surface area contributed by atoms with Crippen LogP contribution in [-0.2, 0) is 6.54 Å². The van der Waals surface area contributed by atoms with E-state index in [4.69, 9.17) is 4.42 Å². The van der Waals surface area contributed by atoms with E-state index >= 15 is 0 Å². The Balaban J connectivity index is 0.00000341. The molecular weight excluding hydrogens is 501 g/mol. The molecule has 1 aliphatic heterocycles. The summed E-state index contributed by atoms with van der Waals surface area (Å²) in [5.41, 5.74) is 1.01. The molecule has 0 amide bonds. The summed E-state index contributed by atoms with van der Waals surface area (Å²) in [5.74, 6) is 4.40. The second-order valence-corrected chi connectivity index (χ2v) is 9.55. The van der Waals surface area contributed by atoms with Gasteiger partial charge in [-0.3, -0.25) is 9.89 Å². The molecule has 6 nitrogen and oxygen atoms in total. The van der Waals surface area contributed by atoms with Gasteiger partial charge in [-0.15, -0.1) is 24.0 Å². The first-order valence-corrected chi connectivity index (χ1v) is 12.2. The number of aliphatic imine (C=N–C) groups is 1. The van der Waals surface area contributed by atoms with Crippen molar-refractivity contribution >= 4 is 29.9 Å². The molecule has 0 radical (unpaired) electrons. The second kappa shape index (κ2) is 13.7. The molecular formula is C24H44IN5O. The van der Waals surface area contributed by atoms with Crippen LogP contribution in [0.1, 0.15) is 82.1 Å². The standard InChI is InChI=1S/C24H43N5O.HI/c1-18(10-11-21-8-6-5-7-9-21)27-24(25-4)26-16-22-12-14-29(15-13-22)17-23-28-19(2)20(3)30-23;/h18,21-22H,5-17H2,1-4H3,(H2,25,26,27);1H. The lowest BCUT2D eigenvalue weighted by molar-refractivity contribution is 0.164. The summed E-state index contributed by atoms with van der Waals surface area (Å²) < 4.78 is 5.74. The highest BCUT2D eigenvalue weighted by molar-refractivity contribution is 14.0. The molecule has 7 heteroatoms. The van der Waals surface area contributed by atoms with Crippen molar-refractivity contribution in [2.75, 3.05) is 26.7 Å². The Morgan fingerprint density at radius 2 is 1.84 bits per heavy atom. The molecule has 0 aromatic carbocycles. The molecule has 31 heavy (non-hydrogen) atoms. The van der Waals surface area contributed by atoms with Crippen LogP contribution in [0.4, 0.5) is 0 Å². The Kier molecular flexibility index (Phi) is 11.6. The van der Waals surface area contributed by atoms with Crippen molar-refractivity contribution in [3.05, 3.63) is 17.3 Å². The average molecular weight is 546 g/mol. The van der Waals surface area contributed by atoms with Crippen molar-refractivity contribution in [2.45, 2.75) is 91.1 Å². The number of nitrogens with zero attached hydrogens (tertiary/aromatic N) is 3. The summed E-state index contributed by atoms with van der Waals surface area (Å²) in [6, 6.07) is 0.479. The van der Waals surface area contributed by atoms with E-state index in [-0.39, 0.29) is 24.0 Å². The summed E-state index contributed by atoms with van der Waals surface area (Å²) in [7, 11) is 1.88. The van der Waals surface area contributed by atoms with Gasteiger partial charge in [0.15, 0.2) is 5.96 Å². The third kappa shape index (κ3) is 8.91. The van der Waals surface area contributed by atoms with E-state index in [2.05, 4.69) is 32.4 Å².